The summed E-state index contributed by atoms with van der Waals surface area (Å²) in [7, 11) is 0. The molecule has 1 aromatic heterocycles. The molecule has 0 amide bonds. The van der Waals surface area contributed by atoms with Crippen LogP contribution in [-0.2, 0) is 13.2 Å². The first-order valence-electron chi connectivity index (χ1n) is 8.62. The number of rotatable bonds is 6. The highest BCUT2D eigenvalue weighted by Gasteiger charge is 2.08. The van der Waals surface area contributed by atoms with Gasteiger partial charge in [-0.05, 0) is 30.2 Å². The van der Waals surface area contributed by atoms with E-state index in [1.165, 1.54) is 0 Å². The number of pyridine rings is 1. The molecular weight excluding hydrogens is 310 g/mol. The molecule has 0 aliphatic carbocycles. The van der Waals surface area contributed by atoms with Gasteiger partial charge in [0.05, 0.1) is 0 Å². The Morgan fingerprint density at radius 1 is 0.680 bits per heavy atom. The molecule has 0 unspecified atom stereocenters. The van der Waals surface area contributed by atoms with E-state index in [4.69, 9.17) is 9.47 Å². The van der Waals surface area contributed by atoms with Crippen molar-refractivity contribution in [1.82, 2.24) is 4.98 Å². The van der Waals surface area contributed by atoms with Crippen LogP contribution in [0.5, 0.6) is 11.6 Å². The molecular formula is C22H25NO2. The van der Waals surface area contributed by atoms with Crippen molar-refractivity contribution in [2.75, 3.05) is 0 Å². The van der Waals surface area contributed by atoms with E-state index in [2.05, 4.69) is 4.98 Å². The second kappa shape index (κ2) is 10.1. The number of nitrogens with zero attached hydrogens (tertiary/aromatic N) is 1. The summed E-state index contributed by atoms with van der Waals surface area (Å²) < 4.78 is 11.7. The van der Waals surface area contributed by atoms with Crippen LogP contribution in [0.1, 0.15) is 30.7 Å². The van der Waals surface area contributed by atoms with Crippen LogP contribution in [0.15, 0.2) is 72.8 Å². The number of ether oxygens (including phenoxy) is 2. The fourth-order valence-electron chi connectivity index (χ4n) is 2.19. The van der Waals surface area contributed by atoms with Gasteiger partial charge in [0.1, 0.15) is 13.2 Å². The summed E-state index contributed by atoms with van der Waals surface area (Å²) >= 11 is 0. The molecule has 3 heteroatoms. The summed E-state index contributed by atoms with van der Waals surface area (Å²) in [5, 5.41) is 0. The Hall–Kier alpha value is -2.81. The minimum absolute atomic E-state index is 0.471. The highest BCUT2D eigenvalue weighted by molar-refractivity contribution is 5.35. The van der Waals surface area contributed by atoms with Gasteiger partial charge in [-0.3, -0.25) is 0 Å². The van der Waals surface area contributed by atoms with Crippen LogP contribution in [0.3, 0.4) is 0 Å². The Morgan fingerprint density at radius 2 is 1.20 bits per heavy atom. The number of aromatic nitrogens is 1. The third kappa shape index (κ3) is 5.96. The van der Waals surface area contributed by atoms with Crippen molar-refractivity contribution in [3.63, 3.8) is 0 Å². The summed E-state index contributed by atoms with van der Waals surface area (Å²) in [5.74, 6) is 1.19. The first-order chi connectivity index (χ1) is 12.3. The quantitative estimate of drug-likeness (QED) is 0.590. The van der Waals surface area contributed by atoms with Crippen molar-refractivity contribution in [2.45, 2.75) is 34.0 Å². The molecule has 3 rings (SSSR count). The molecule has 0 fully saturated rings. The number of benzene rings is 2. The first kappa shape index (κ1) is 18.5. The topological polar surface area (TPSA) is 31.4 Å². The molecule has 0 aliphatic rings. The lowest BCUT2D eigenvalue weighted by Gasteiger charge is -2.12. The summed E-state index contributed by atoms with van der Waals surface area (Å²) in [6, 6.07) is 23.9. The molecule has 0 bridgehead atoms. The third-order valence-electron chi connectivity index (χ3n) is 3.42. The van der Waals surface area contributed by atoms with Crippen molar-refractivity contribution >= 4 is 0 Å². The SMILES string of the molecule is CC.Cc1ccc(OCc2ccccc2)c(OCc2ccccc2)n1. The van der Waals surface area contributed by atoms with E-state index >= 15 is 0 Å². The van der Waals surface area contributed by atoms with Crippen LogP contribution in [-0.4, -0.2) is 4.98 Å². The van der Waals surface area contributed by atoms with E-state index in [9.17, 15) is 0 Å². The molecule has 130 valence electrons. The van der Waals surface area contributed by atoms with E-state index in [0.717, 1.165) is 16.8 Å². The highest BCUT2D eigenvalue weighted by Crippen LogP contribution is 2.26. The van der Waals surface area contributed by atoms with Crippen LogP contribution in [0.2, 0.25) is 0 Å². The average molecular weight is 335 g/mol. The lowest BCUT2D eigenvalue weighted by Crippen LogP contribution is -2.02. The molecule has 0 saturated heterocycles. The summed E-state index contributed by atoms with van der Waals surface area (Å²) in [5.41, 5.74) is 3.12. The van der Waals surface area contributed by atoms with Gasteiger partial charge in [0, 0.05) is 5.69 Å². The van der Waals surface area contributed by atoms with Crippen LogP contribution in [0.25, 0.3) is 0 Å². The van der Waals surface area contributed by atoms with Crippen LogP contribution >= 0.6 is 0 Å². The minimum Gasteiger partial charge on any atom is -0.483 e. The second-order valence-corrected chi connectivity index (χ2v) is 5.30. The van der Waals surface area contributed by atoms with Crippen molar-refractivity contribution < 1.29 is 9.47 Å². The summed E-state index contributed by atoms with van der Waals surface area (Å²) in [4.78, 5) is 4.45. The van der Waals surface area contributed by atoms with Gasteiger partial charge >= 0.3 is 0 Å². The minimum atomic E-state index is 0.471. The van der Waals surface area contributed by atoms with Crippen molar-refractivity contribution in [1.29, 1.82) is 0 Å². The summed E-state index contributed by atoms with van der Waals surface area (Å²) in [6.07, 6.45) is 0. The predicted molar refractivity (Wildman–Crippen MR) is 102 cm³/mol. The summed E-state index contributed by atoms with van der Waals surface area (Å²) in [6.45, 7) is 6.91. The zero-order valence-corrected chi connectivity index (χ0v) is 15.1. The molecule has 3 nitrogen and oxygen atoms in total. The Balaban J connectivity index is 0.00000109. The van der Waals surface area contributed by atoms with E-state index in [1.54, 1.807) is 0 Å². The molecule has 0 atom stereocenters. The van der Waals surface area contributed by atoms with Crippen LogP contribution < -0.4 is 9.47 Å². The Morgan fingerprint density at radius 3 is 1.76 bits per heavy atom. The maximum Gasteiger partial charge on any atom is 0.257 e. The first-order valence-corrected chi connectivity index (χ1v) is 8.62. The predicted octanol–water partition coefficient (Wildman–Crippen LogP) is 5.57. The zero-order valence-electron chi connectivity index (χ0n) is 15.1. The Labute approximate surface area is 150 Å². The number of hydrogen-bond acceptors (Lipinski definition) is 3. The Bertz CT molecular complexity index is 742. The van der Waals surface area contributed by atoms with Crippen molar-refractivity contribution in [3.05, 3.63) is 89.6 Å². The van der Waals surface area contributed by atoms with Gasteiger partial charge in [0.2, 0.25) is 0 Å². The molecule has 2 aromatic carbocycles. The van der Waals surface area contributed by atoms with Gasteiger partial charge in [-0.15, -0.1) is 0 Å². The third-order valence-corrected chi connectivity index (χ3v) is 3.42. The normalized spacial score (nSPS) is 9.72. The molecule has 0 aliphatic heterocycles. The van der Waals surface area contributed by atoms with Gasteiger partial charge in [0.15, 0.2) is 5.75 Å². The van der Waals surface area contributed by atoms with E-state index in [1.807, 2.05) is 93.6 Å². The van der Waals surface area contributed by atoms with Crippen molar-refractivity contribution in [2.24, 2.45) is 0 Å². The van der Waals surface area contributed by atoms with Gasteiger partial charge < -0.3 is 9.47 Å². The number of hydrogen-bond donors (Lipinski definition) is 0. The molecule has 1 heterocycles. The lowest BCUT2D eigenvalue weighted by atomic mass is 10.2. The monoisotopic (exact) mass is 335 g/mol. The molecule has 0 radical (unpaired) electrons. The van der Waals surface area contributed by atoms with Gasteiger partial charge in [-0.1, -0.05) is 74.5 Å². The van der Waals surface area contributed by atoms with E-state index in [0.29, 0.717) is 24.8 Å². The van der Waals surface area contributed by atoms with Gasteiger partial charge in [-0.25, -0.2) is 4.98 Å². The maximum atomic E-state index is 5.88. The maximum absolute atomic E-state index is 5.88. The second-order valence-electron chi connectivity index (χ2n) is 5.30. The van der Waals surface area contributed by atoms with E-state index < -0.39 is 0 Å². The number of aryl methyl sites for hydroxylation is 1. The molecule has 0 saturated carbocycles. The molecule has 25 heavy (non-hydrogen) atoms. The largest absolute Gasteiger partial charge is 0.483 e. The van der Waals surface area contributed by atoms with Gasteiger partial charge in [0.25, 0.3) is 5.88 Å². The standard InChI is InChI=1S/C20H19NO2.C2H6/c1-16-12-13-19(22-14-17-8-4-2-5-9-17)20(21-16)23-15-18-10-6-3-7-11-18;1-2/h2-13H,14-15H2,1H3;1-2H3. The molecule has 0 spiro atoms. The van der Waals surface area contributed by atoms with E-state index in [-0.39, 0.29) is 0 Å². The van der Waals surface area contributed by atoms with Crippen LogP contribution in [0.4, 0.5) is 0 Å². The fourth-order valence-corrected chi connectivity index (χ4v) is 2.19. The zero-order chi connectivity index (χ0) is 17.9. The van der Waals surface area contributed by atoms with Crippen LogP contribution in [0, 0.1) is 6.92 Å². The lowest BCUT2D eigenvalue weighted by molar-refractivity contribution is 0.246. The fraction of sp³-hybridized carbons (Fsp3) is 0.227. The molecule has 0 N–H and O–H groups in total. The smallest absolute Gasteiger partial charge is 0.257 e. The molecule has 3 aromatic rings. The Kier molecular flexibility index (Phi) is 7.51. The highest BCUT2D eigenvalue weighted by atomic mass is 16.5. The van der Waals surface area contributed by atoms with Gasteiger partial charge in [-0.2, -0.15) is 0 Å². The van der Waals surface area contributed by atoms with Crippen molar-refractivity contribution in [3.8, 4) is 11.6 Å². The average Bonchev–Trinajstić information content (AvgIpc) is 2.69.